The molecule has 1 heterocycles. The van der Waals surface area contributed by atoms with Gasteiger partial charge in [-0.2, -0.15) is 0 Å². The van der Waals surface area contributed by atoms with Crippen molar-refractivity contribution in [3.8, 4) is 0 Å². The van der Waals surface area contributed by atoms with E-state index in [9.17, 15) is 19.1 Å². The van der Waals surface area contributed by atoms with E-state index in [1.54, 1.807) is 17.0 Å². The van der Waals surface area contributed by atoms with E-state index in [1.807, 2.05) is 12.2 Å². The fourth-order valence-corrected chi connectivity index (χ4v) is 4.54. The fraction of sp³-hybridized carbons (Fsp3) is 0.474. The number of benzene rings is 1. The predicted molar refractivity (Wildman–Crippen MR) is 90.5 cm³/mol. The predicted octanol–water partition coefficient (Wildman–Crippen LogP) is 2.00. The highest BCUT2D eigenvalue weighted by molar-refractivity contribution is 5.87. The van der Waals surface area contributed by atoms with Crippen LogP contribution in [0.25, 0.3) is 0 Å². The maximum absolute atomic E-state index is 13.0. The number of carbonyl (C=O) groups is 2. The molecule has 2 aliphatic carbocycles. The van der Waals surface area contributed by atoms with E-state index in [-0.39, 0.29) is 23.6 Å². The van der Waals surface area contributed by atoms with Crippen molar-refractivity contribution < 1.29 is 19.1 Å². The van der Waals surface area contributed by atoms with Crippen molar-refractivity contribution in [2.45, 2.75) is 6.42 Å². The van der Waals surface area contributed by atoms with Gasteiger partial charge in [0.15, 0.2) is 0 Å². The van der Waals surface area contributed by atoms with Gasteiger partial charge in [-0.05, 0) is 42.5 Å². The van der Waals surface area contributed by atoms with E-state index in [0.717, 1.165) is 12.1 Å². The Bertz CT molecular complexity index is 710. The number of amides is 1. The topological polar surface area (TPSA) is 60.9 Å². The Kier molecular flexibility index (Phi) is 3.98. The minimum absolute atomic E-state index is 0.00282. The molecule has 0 spiro atoms. The lowest BCUT2D eigenvalue weighted by Gasteiger charge is -2.38. The number of fused-ring (bicyclic) bond motifs is 2. The van der Waals surface area contributed by atoms with Crippen LogP contribution >= 0.6 is 0 Å². The molecule has 1 amide bonds. The highest BCUT2D eigenvalue weighted by atomic mass is 19.1. The van der Waals surface area contributed by atoms with Gasteiger partial charge in [0.05, 0.1) is 11.8 Å². The third kappa shape index (κ3) is 2.79. The van der Waals surface area contributed by atoms with Crippen LogP contribution in [0.5, 0.6) is 0 Å². The van der Waals surface area contributed by atoms with Crippen LogP contribution in [-0.4, -0.2) is 48.1 Å². The van der Waals surface area contributed by atoms with Gasteiger partial charge in [-0.25, -0.2) is 4.39 Å². The second-order valence-electron chi connectivity index (χ2n) is 7.13. The minimum atomic E-state index is -0.861. The molecule has 6 heteroatoms. The number of carboxylic acids is 1. The van der Waals surface area contributed by atoms with Crippen LogP contribution in [0.15, 0.2) is 36.4 Å². The molecular formula is C19H21FN2O3. The van der Waals surface area contributed by atoms with Crippen molar-refractivity contribution in [3.63, 3.8) is 0 Å². The molecule has 132 valence electrons. The average molecular weight is 344 g/mol. The molecule has 3 aliphatic rings. The SMILES string of the molecule is O=C(O)[C@@H]1[C@H](C(=O)N2CCN(c3ccc(F)cc3)CC2)[C@H]2C=C[C@H]1C2. The summed E-state index contributed by atoms with van der Waals surface area (Å²) in [5, 5.41) is 9.52. The van der Waals surface area contributed by atoms with Gasteiger partial charge in [-0.1, -0.05) is 12.2 Å². The lowest BCUT2D eigenvalue weighted by molar-refractivity contribution is -0.151. The molecule has 0 radical (unpaired) electrons. The summed E-state index contributed by atoms with van der Waals surface area (Å²) in [6.07, 6.45) is 4.75. The van der Waals surface area contributed by atoms with E-state index in [0.29, 0.717) is 26.2 Å². The second kappa shape index (κ2) is 6.17. The molecular weight excluding hydrogens is 323 g/mol. The highest BCUT2D eigenvalue weighted by Gasteiger charge is 2.52. The standard InChI is InChI=1S/C19H21FN2O3/c20-14-3-5-15(6-4-14)21-7-9-22(10-8-21)18(23)16-12-1-2-13(11-12)17(16)19(24)25/h1-6,12-13,16-17H,7-11H2,(H,24,25)/t12-,13-,16+,17-/m0/s1. The molecule has 1 aromatic carbocycles. The lowest BCUT2D eigenvalue weighted by Crippen LogP contribution is -2.52. The van der Waals surface area contributed by atoms with Gasteiger partial charge < -0.3 is 14.9 Å². The van der Waals surface area contributed by atoms with E-state index in [2.05, 4.69) is 4.90 Å². The first-order valence-corrected chi connectivity index (χ1v) is 8.75. The van der Waals surface area contributed by atoms with Crippen molar-refractivity contribution in [2.75, 3.05) is 31.1 Å². The molecule has 1 aromatic rings. The van der Waals surface area contributed by atoms with Crippen LogP contribution in [0.4, 0.5) is 10.1 Å². The summed E-state index contributed by atoms with van der Waals surface area (Å²) < 4.78 is 13.0. The molecule has 25 heavy (non-hydrogen) atoms. The molecule has 2 bridgehead atoms. The van der Waals surface area contributed by atoms with Crippen molar-refractivity contribution in [1.29, 1.82) is 0 Å². The Morgan fingerprint density at radius 1 is 0.960 bits per heavy atom. The van der Waals surface area contributed by atoms with Crippen LogP contribution in [0.3, 0.4) is 0 Å². The number of hydrogen-bond acceptors (Lipinski definition) is 3. The number of allylic oxidation sites excluding steroid dienone is 2. The number of piperazine rings is 1. The zero-order valence-electron chi connectivity index (χ0n) is 13.8. The monoisotopic (exact) mass is 344 g/mol. The van der Waals surface area contributed by atoms with Crippen LogP contribution in [0.2, 0.25) is 0 Å². The molecule has 0 unspecified atom stereocenters. The Morgan fingerprint density at radius 2 is 1.56 bits per heavy atom. The van der Waals surface area contributed by atoms with Crippen molar-refractivity contribution in [1.82, 2.24) is 4.90 Å². The fourth-order valence-electron chi connectivity index (χ4n) is 4.54. The van der Waals surface area contributed by atoms with Gasteiger partial charge in [-0.15, -0.1) is 0 Å². The van der Waals surface area contributed by atoms with Crippen molar-refractivity contribution in [2.24, 2.45) is 23.7 Å². The molecule has 2 fully saturated rings. The number of nitrogens with zero attached hydrogens (tertiary/aromatic N) is 2. The van der Waals surface area contributed by atoms with Crippen LogP contribution in [0, 0.1) is 29.5 Å². The zero-order valence-corrected chi connectivity index (χ0v) is 13.8. The lowest BCUT2D eigenvalue weighted by atomic mass is 9.82. The molecule has 1 N–H and O–H groups in total. The van der Waals surface area contributed by atoms with Crippen LogP contribution in [0.1, 0.15) is 6.42 Å². The Hall–Kier alpha value is -2.37. The van der Waals surface area contributed by atoms with E-state index in [1.165, 1.54) is 12.1 Å². The van der Waals surface area contributed by atoms with Gasteiger partial charge in [0.25, 0.3) is 0 Å². The van der Waals surface area contributed by atoms with Crippen LogP contribution in [-0.2, 0) is 9.59 Å². The molecule has 1 saturated heterocycles. The largest absolute Gasteiger partial charge is 0.481 e. The Balaban J connectivity index is 1.42. The highest BCUT2D eigenvalue weighted by Crippen LogP contribution is 2.48. The number of hydrogen-bond donors (Lipinski definition) is 1. The maximum Gasteiger partial charge on any atom is 0.307 e. The summed E-state index contributed by atoms with van der Waals surface area (Å²) in [7, 11) is 0. The summed E-state index contributed by atoms with van der Waals surface area (Å²) >= 11 is 0. The van der Waals surface area contributed by atoms with Gasteiger partial charge in [0, 0.05) is 31.9 Å². The number of carbonyl (C=O) groups excluding carboxylic acids is 1. The van der Waals surface area contributed by atoms with Gasteiger partial charge in [-0.3, -0.25) is 9.59 Å². The number of halogens is 1. The van der Waals surface area contributed by atoms with Crippen LogP contribution < -0.4 is 4.90 Å². The molecule has 0 aromatic heterocycles. The van der Waals surface area contributed by atoms with E-state index >= 15 is 0 Å². The Labute approximate surface area is 145 Å². The summed E-state index contributed by atoms with van der Waals surface area (Å²) in [5.74, 6) is -2.10. The first kappa shape index (κ1) is 16.1. The van der Waals surface area contributed by atoms with E-state index < -0.39 is 17.8 Å². The third-order valence-electron chi connectivity index (χ3n) is 5.81. The third-order valence-corrected chi connectivity index (χ3v) is 5.81. The second-order valence-corrected chi connectivity index (χ2v) is 7.13. The van der Waals surface area contributed by atoms with Gasteiger partial charge in [0.1, 0.15) is 5.82 Å². The van der Waals surface area contributed by atoms with E-state index in [4.69, 9.17) is 0 Å². The smallest absolute Gasteiger partial charge is 0.307 e. The molecule has 4 rings (SSSR count). The minimum Gasteiger partial charge on any atom is -0.481 e. The number of aliphatic carboxylic acids is 1. The zero-order chi connectivity index (χ0) is 17.6. The number of anilines is 1. The molecule has 1 aliphatic heterocycles. The summed E-state index contributed by atoms with van der Waals surface area (Å²) in [4.78, 5) is 28.5. The summed E-state index contributed by atoms with van der Waals surface area (Å²) in [6, 6.07) is 6.36. The average Bonchev–Trinajstić information content (AvgIpc) is 3.23. The summed E-state index contributed by atoms with van der Waals surface area (Å²) in [5.41, 5.74) is 0.944. The summed E-state index contributed by atoms with van der Waals surface area (Å²) in [6.45, 7) is 2.48. The normalized spacial score (nSPS) is 30.8. The molecule has 1 saturated carbocycles. The number of rotatable bonds is 3. The quantitative estimate of drug-likeness (QED) is 0.852. The van der Waals surface area contributed by atoms with Gasteiger partial charge >= 0.3 is 5.97 Å². The maximum atomic E-state index is 13.0. The first-order valence-electron chi connectivity index (χ1n) is 8.75. The first-order chi connectivity index (χ1) is 12.0. The molecule has 5 nitrogen and oxygen atoms in total. The van der Waals surface area contributed by atoms with Crippen molar-refractivity contribution in [3.05, 3.63) is 42.2 Å². The van der Waals surface area contributed by atoms with Crippen molar-refractivity contribution >= 4 is 17.6 Å². The molecule has 4 atom stereocenters. The Morgan fingerprint density at radius 3 is 2.16 bits per heavy atom. The van der Waals surface area contributed by atoms with Gasteiger partial charge in [0.2, 0.25) is 5.91 Å². The number of carboxylic acid groups (broad SMARTS) is 1.